The standard InChI is InChI=1S/C17H23ClN3PS3/c1-13(2)24-22(23,25-14(3)4)20-17-7-5-6-10-21(17)12-15-8-9-16(18)19-11-15/h5-11,13-14H,12H2,1-4H3. The molecule has 0 atom stereocenters. The zero-order valence-electron chi connectivity index (χ0n) is 14.8. The molecule has 25 heavy (non-hydrogen) atoms. The minimum Gasteiger partial charge on any atom is -0.329 e. The lowest BCUT2D eigenvalue weighted by molar-refractivity contribution is 0.745. The first kappa shape index (κ1) is 21.0. The second kappa shape index (κ2) is 9.61. The van der Waals surface area contributed by atoms with Gasteiger partial charge in [-0.15, -0.1) is 0 Å². The number of hydrogen-bond donors (Lipinski definition) is 0. The minimum absolute atomic E-state index is 0.457. The Morgan fingerprint density at radius 3 is 2.40 bits per heavy atom. The van der Waals surface area contributed by atoms with Gasteiger partial charge in [0.2, 0.25) is 0 Å². The van der Waals surface area contributed by atoms with Gasteiger partial charge in [0.05, 0.1) is 6.54 Å². The highest BCUT2D eigenvalue weighted by atomic mass is 35.5. The van der Waals surface area contributed by atoms with E-state index in [2.05, 4.69) is 37.2 Å². The number of halogens is 1. The van der Waals surface area contributed by atoms with Crippen molar-refractivity contribution < 1.29 is 0 Å². The fourth-order valence-corrected chi connectivity index (χ4v) is 14.9. The van der Waals surface area contributed by atoms with Crippen molar-refractivity contribution in [1.82, 2.24) is 9.55 Å². The van der Waals surface area contributed by atoms with Gasteiger partial charge in [0.1, 0.15) is 10.6 Å². The summed E-state index contributed by atoms with van der Waals surface area (Å²) in [5, 5.41) is 1.42. The number of aromatic nitrogens is 2. The highest BCUT2D eigenvalue weighted by molar-refractivity contribution is 9.00. The second-order valence-electron chi connectivity index (χ2n) is 6.05. The summed E-state index contributed by atoms with van der Waals surface area (Å²) in [5.74, 6) is 0. The zero-order chi connectivity index (χ0) is 18.4. The average Bonchev–Trinajstić information content (AvgIpc) is 2.49. The Morgan fingerprint density at radius 1 is 1.16 bits per heavy atom. The van der Waals surface area contributed by atoms with E-state index in [1.165, 1.54) is 0 Å². The van der Waals surface area contributed by atoms with Crippen LogP contribution in [0.15, 0.2) is 47.5 Å². The second-order valence-corrected chi connectivity index (χ2v) is 18.0. The maximum absolute atomic E-state index is 6.00. The van der Waals surface area contributed by atoms with Crippen LogP contribution in [0.2, 0.25) is 5.15 Å². The molecule has 0 fully saturated rings. The molecule has 2 rings (SSSR count). The Hall–Kier alpha value is -0.260. The molecular formula is C17H23ClN3PS3. The van der Waals surface area contributed by atoms with Crippen molar-refractivity contribution >= 4 is 50.8 Å². The Balaban J connectivity index is 2.41. The third-order valence-corrected chi connectivity index (χ3v) is 13.0. The van der Waals surface area contributed by atoms with Crippen LogP contribution < -0.4 is 5.49 Å². The first-order chi connectivity index (χ1) is 11.8. The summed E-state index contributed by atoms with van der Waals surface area (Å²) in [6.07, 6.45) is 3.83. The predicted molar refractivity (Wildman–Crippen MR) is 118 cm³/mol. The Morgan fingerprint density at radius 2 is 1.84 bits per heavy atom. The van der Waals surface area contributed by atoms with E-state index in [1.54, 1.807) is 6.20 Å². The highest BCUT2D eigenvalue weighted by Gasteiger charge is 2.21. The van der Waals surface area contributed by atoms with E-state index in [4.69, 9.17) is 28.2 Å². The summed E-state index contributed by atoms with van der Waals surface area (Å²) in [4.78, 5) is 4.16. The van der Waals surface area contributed by atoms with Crippen molar-refractivity contribution in [1.29, 1.82) is 0 Å². The fraction of sp³-hybridized carbons (Fsp3) is 0.412. The molecule has 0 aliphatic carbocycles. The van der Waals surface area contributed by atoms with E-state index < -0.39 is 4.59 Å². The Kier molecular flexibility index (Phi) is 8.09. The molecule has 0 bridgehead atoms. The van der Waals surface area contributed by atoms with Crippen molar-refractivity contribution in [2.75, 3.05) is 0 Å². The third-order valence-electron chi connectivity index (χ3n) is 2.97. The smallest absolute Gasteiger partial charge is 0.164 e. The van der Waals surface area contributed by atoms with Crippen molar-refractivity contribution in [3.8, 4) is 0 Å². The summed E-state index contributed by atoms with van der Waals surface area (Å²) >= 11 is 15.5. The van der Waals surface area contributed by atoms with Gasteiger partial charge < -0.3 is 4.57 Å². The Bertz CT molecular complexity index is 789. The number of nitrogens with zero attached hydrogens (tertiary/aromatic N) is 3. The van der Waals surface area contributed by atoms with E-state index in [0.29, 0.717) is 22.2 Å². The van der Waals surface area contributed by atoms with E-state index in [-0.39, 0.29) is 0 Å². The monoisotopic (exact) mass is 431 g/mol. The molecule has 0 saturated carbocycles. The predicted octanol–water partition coefficient (Wildman–Crippen LogP) is 5.99. The van der Waals surface area contributed by atoms with Gasteiger partial charge in [-0.2, -0.15) is 0 Å². The van der Waals surface area contributed by atoms with Crippen molar-refractivity contribution in [2.45, 2.75) is 44.7 Å². The van der Waals surface area contributed by atoms with Crippen LogP contribution in [0, 0.1) is 0 Å². The molecule has 3 nitrogen and oxygen atoms in total. The van der Waals surface area contributed by atoms with Crippen molar-refractivity contribution in [2.24, 2.45) is 4.76 Å². The molecule has 8 heteroatoms. The molecule has 136 valence electrons. The van der Waals surface area contributed by atoms with E-state index in [0.717, 1.165) is 11.1 Å². The van der Waals surface area contributed by atoms with Gasteiger partial charge in [-0.3, -0.25) is 0 Å². The molecule has 0 spiro atoms. The fourth-order valence-electron chi connectivity index (χ4n) is 2.12. The summed E-state index contributed by atoms with van der Waals surface area (Å²) in [6.45, 7) is 9.42. The summed E-state index contributed by atoms with van der Waals surface area (Å²) < 4.78 is 5.21. The normalized spacial score (nSPS) is 13.0. The molecule has 0 aliphatic rings. The van der Waals surface area contributed by atoms with Crippen molar-refractivity contribution in [3.63, 3.8) is 0 Å². The maximum Gasteiger partial charge on any atom is 0.164 e. The maximum atomic E-state index is 6.00. The lowest BCUT2D eigenvalue weighted by atomic mass is 10.3. The van der Waals surface area contributed by atoms with Crippen LogP contribution in [0.4, 0.5) is 0 Å². The summed E-state index contributed by atoms with van der Waals surface area (Å²) in [6, 6.07) is 9.85. The van der Waals surface area contributed by atoms with Gasteiger partial charge in [0, 0.05) is 22.9 Å². The molecule has 0 saturated heterocycles. The molecule has 0 unspecified atom stereocenters. The lowest BCUT2D eigenvalue weighted by Crippen LogP contribution is -2.20. The molecular weight excluding hydrogens is 409 g/mol. The highest BCUT2D eigenvalue weighted by Crippen LogP contribution is 2.72. The van der Waals surface area contributed by atoms with E-state index >= 15 is 0 Å². The van der Waals surface area contributed by atoms with Crippen LogP contribution >= 0.6 is 39.0 Å². The summed E-state index contributed by atoms with van der Waals surface area (Å²) in [5.41, 5.74) is 2.00. The topological polar surface area (TPSA) is 30.2 Å². The van der Waals surface area contributed by atoms with Crippen LogP contribution in [0.3, 0.4) is 0 Å². The molecule has 0 aliphatic heterocycles. The SMILES string of the molecule is CC(C)SP(=S)(N=c1ccccn1Cc1ccc(Cl)nc1)SC(C)C. The van der Waals surface area contributed by atoms with Crippen LogP contribution in [0.5, 0.6) is 0 Å². The van der Waals surface area contributed by atoms with Crippen molar-refractivity contribution in [3.05, 3.63) is 58.9 Å². The van der Waals surface area contributed by atoms with Crippen LogP contribution in [-0.4, -0.2) is 20.1 Å². The minimum atomic E-state index is -1.96. The molecule has 0 amide bonds. The van der Waals surface area contributed by atoms with Gasteiger partial charge in [-0.25, -0.2) is 9.75 Å². The first-order valence-electron chi connectivity index (χ1n) is 8.06. The van der Waals surface area contributed by atoms with Gasteiger partial charge in [-0.1, -0.05) is 74.2 Å². The largest absolute Gasteiger partial charge is 0.329 e. The molecule has 0 N–H and O–H groups in total. The Labute approximate surface area is 168 Å². The van der Waals surface area contributed by atoms with E-state index in [1.807, 2.05) is 59.3 Å². The number of hydrogen-bond acceptors (Lipinski definition) is 4. The quantitative estimate of drug-likeness (QED) is 0.397. The molecule has 2 aromatic rings. The zero-order valence-corrected chi connectivity index (χ0v) is 18.9. The third kappa shape index (κ3) is 7.10. The molecule has 2 heterocycles. The van der Waals surface area contributed by atoms with Gasteiger partial charge >= 0.3 is 0 Å². The van der Waals surface area contributed by atoms with Crippen LogP contribution in [0.25, 0.3) is 0 Å². The molecule has 0 aromatic carbocycles. The summed E-state index contributed by atoms with van der Waals surface area (Å²) in [7, 11) is 0. The lowest BCUT2D eigenvalue weighted by Gasteiger charge is -2.20. The molecule has 0 radical (unpaired) electrons. The average molecular weight is 432 g/mol. The van der Waals surface area contributed by atoms with Gasteiger partial charge in [0.15, 0.2) is 4.59 Å². The van der Waals surface area contributed by atoms with Gasteiger partial charge in [0.25, 0.3) is 0 Å². The van der Waals surface area contributed by atoms with E-state index in [9.17, 15) is 0 Å². The number of rotatable bonds is 7. The van der Waals surface area contributed by atoms with Crippen LogP contribution in [-0.2, 0) is 18.4 Å². The van der Waals surface area contributed by atoms with Gasteiger partial charge in [-0.05, 0) is 35.6 Å². The van der Waals surface area contributed by atoms with Crippen LogP contribution in [0.1, 0.15) is 33.3 Å². The first-order valence-corrected chi connectivity index (χ1v) is 14.2. The molecule has 2 aromatic heterocycles. The number of pyridine rings is 2.